The number of imidazole rings is 1. The van der Waals surface area contributed by atoms with E-state index in [1.54, 1.807) is 12.1 Å². The number of methoxy groups -OCH3 is 1. The lowest BCUT2D eigenvalue weighted by atomic mass is 10.2. The Kier molecular flexibility index (Phi) is 2.68. The van der Waals surface area contributed by atoms with Crippen LogP contribution in [-0.2, 0) is 0 Å². The average Bonchev–Trinajstić information content (AvgIpc) is 2.78. The third-order valence-corrected chi connectivity index (χ3v) is 2.16. The predicted octanol–water partition coefficient (Wildman–Crippen LogP) is 2.04. The van der Waals surface area contributed by atoms with Crippen molar-refractivity contribution in [1.82, 2.24) is 9.97 Å². The van der Waals surface area contributed by atoms with E-state index >= 15 is 0 Å². The van der Waals surface area contributed by atoms with E-state index in [1.807, 2.05) is 0 Å². The van der Waals surface area contributed by atoms with Crippen molar-refractivity contribution in [1.29, 1.82) is 0 Å². The number of halogens is 1. The van der Waals surface area contributed by atoms with E-state index in [2.05, 4.69) is 9.97 Å². The van der Waals surface area contributed by atoms with Crippen molar-refractivity contribution in [2.75, 3.05) is 7.11 Å². The van der Waals surface area contributed by atoms with Crippen LogP contribution in [-0.4, -0.2) is 23.4 Å². The van der Waals surface area contributed by atoms with Crippen molar-refractivity contribution in [2.45, 2.75) is 0 Å². The molecule has 1 heterocycles. The van der Waals surface area contributed by atoms with Gasteiger partial charge in [0.05, 0.1) is 12.7 Å². The number of ether oxygens (including phenoxy) is 1. The second-order valence-electron chi connectivity index (χ2n) is 3.11. The number of H-pyrrole nitrogens is 1. The van der Waals surface area contributed by atoms with Crippen molar-refractivity contribution in [2.24, 2.45) is 0 Å². The molecule has 16 heavy (non-hydrogen) atoms. The fourth-order valence-electron chi connectivity index (χ4n) is 1.39. The van der Waals surface area contributed by atoms with Crippen molar-refractivity contribution in [3.8, 4) is 17.1 Å². The van der Waals surface area contributed by atoms with Gasteiger partial charge in [-0.2, -0.15) is 0 Å². The van der Waals surface area contributed by atoms with Gasteiger partial charge >= 0.3 is 0 Å². The maximum Gasteiger partial charge on any atom is 0.175 e. The van der Waals surface area contributed by atoms with E-state index in [0.29, 0.717) is 12.1 Å². The molecule has 0 amide bonds. The van der Waals surface area contributed by atoms with E-state index in [4.69, 9.17) is 4.74 Å². The molecule has 4 nitrogen and oxygen atoms in total. The number of aldehydes is 1. The molecule has 0 radical (unpaired) electrons. The summed E-state index contributed by atoms with van der Waals surface area (Å²) in [5.41, 5.74) is 0.504. The van der Waals surface area contributed by atoms with Gasteiger partial charge in [0, 0.05) is 6.20 Å². The Morgan fingerprint density at radius 3 is 2.94 bits per heavy atom. The summed E-state index contributed by atoms with van der Waals surface area (Å²) in [6, 6.07) is 4.73. The van der Waals surface area contributed by atoms with Gasteiger partial charge in [-0.1, -0.05) is 6.07 Å². The molecule has 0 saturated heterocycles. The lowest BCUT2D eigenvalue weighted by Gasteiger charge is -2.04. The van der Waals surface area contributed by atoms with Gasteiger partial charge in [0.25, 0.3) is 0 Å². The molecule has 1 N–H and O–H groups in total. The number of hydrogen-bond acceptors (Lipinski definition) is 3. The Balaban J connectivity index is 2.51. The number of carbonyl (C=O) groups excluding carboxylic acids is 1. The van der Waals surface area contributed by atoms with Crippen LogP contribution in [0, 0.1) is 5.82 Å². The number of nitrogens with one attached hydrogen (secondary N) is 1. The maximum absolute atomic E-state index is 13.8. The Morgan fingerprint density at radius 1 is 1.50 bits per heavy atom. The molecule has 0 atom stereocenters. The summed E-state index contributed by atoms with van der Waals surface area (Å²) >= 11 is 0. The minimum absolute atomic E-state index is 0.140. The number of aromatic nitrogens is 2. The van der Waals surface area contributed by atoms with Crippen LogP contribution in [0.1, 0.15) is 10.5 Å². The highest BCUT2D eigenvalue weighted by Gasteiger charge is 2.12. The summed E-state index contributed by atoms with van der Waals surface area (Å²) in [5, 5.41) is 0. The maximum atomic E-state index is 13.8. The summed E-state index contributed by atoms with van der Waals surface area (Å²) in [6.07, 6.45) is 2.01. The van der Waals surface area contributed by atoms with Crippen molar-refractivity contribution in [3.05, 3.63) is 35.9 Å². The van der Waals surface area contributed by atoms with Crippen LogP contribution in [0.25, 0.3) is 11.4 Å². The van der Waals surface area contributed by atoms with Gasteiger partial charge in [-0.3, -0.25) is 4.79 Å². The SMILES string of the molecule is COc1cccc(-c2nc(C=O)c[nH]2)c1F. The van der Waals surface area contributed by atoms with E-state index in [0.717, 1.165) is 0 Å². The monoisotopic (exact) mass is 220 g/mol. The number of rotatable bonds is 3. The summed E-state index contributed by atoms with van der Waals surface area (Å²) in [6.45, 7) is 0. The topological polar surface area (TPSA) is 55.0 Å². The van der Waals surface area contributed by atoms with Gasteiger partial charge in [0.2, 0.25) is 0 Å². The molecule has 0 aliphatic heterocycles. The molecule has 0 saturated carbocycles. The zero-order chi connectivity index (χ0) is 11.5. The third kappa shape index (κ3) is 1.67. The van der Waals surface area contributed by atoms with Crippen molar-refractivity contribution >= 4 is 6.29 Å². The zero-order valence-corrected chi connectivity index (χ0v) is 8.53. The quantitative estimate of drug-likeness (QED) is 0.805. The minimum Gasteiger partial charge on any atom is -0.494 e. The normalized spacial score (nSPS) is 10.1. The first-order valence-corrected chi connectivity index (χ1v) is 4.59. The molecule has 82 valence electrons. The smallest absolute Gasteiger partial charge is 0.175 e. The Morgan fingerprint density at radius 2 is 2.31 bits per heavy atom. The molecule has 2 rings (SSSR count). The molecule has 5 heteroatoms. The highest BCUT2D eigenvalue weighted by Crippen LogP contribution is 2.26. The highest BCUT2D eigenvalue weighted by atomic mass is 19.1. The molecular weight excluding hydrogens is 211 g/mol. The van der Waals surface area contributed by atoms with Crippen LogP contribution >= 0.6 is 0 Å². The molecular formula is C11H9FN2O2. The largest absolute Gasteiger partial charge is 0.494 e. The van der Waals surface area contributed by atoms with Gasteiger partial charge in [-0.15, -0.1) is 0 Å². The predicted molar refractivity (Wildman–Crippen MR) is 55.9 cm³/mol. The molecule has 1 aromatic carbocycles. The van der Waals surface area contributed by atoms with Crippen molar-refractivity contribution in [3.63, 3.8) is 0 Å². The summed E-state index contributed by atoms with van der Waals surface area (Å²) in [7, 11) is 1.39. The van der Waals surface area contributed by atoms with E-state index in [1.165, 1.54) is 19.4 Å². The second kappa shape index (κ2) is 4.14. The summed E-state index contributed by atoms with van der Waals surface area (Å²) in [5.74, 6) is -0.0585. The van der Waals surface area contributed by atoms with Crippen LogP contribution in [0.3, 0.4) is 0 Å². The van der Waals surface area contributed by atoms with Crippen LogP contribution in [0.2, 0.25) is 0 Å². The van der Waals surface area contributed by atoms with Gasteiger partial charge < -0.3 is 9.72 Å². The van der Waals surface area contributed by atoms with Crippen LogP contribution in [0.15, 0.2) is 24.4 Å². The molecule has 0 spiro atoms. The van der Waals surface area contributed by atoms with Gasteiger partial charge in [-0.25, -0.2) is 9.37 Å². The minimum atomic E-state index is -0.503. The zero-order valence-electron chi connectivity index (χ0n) is 8.53. The first-order chi connectivity index (χ1) is 7.76. The van der Waals surface area contributed by atoms with Crippen LogP contribution < -0.4 is 4.74 Å². The summed E-state index contributed by atoms with van der Waals surface area (Å²) in [4.78, 5) is 17.1. The van der Waals surface area contributed by atoms with E-state index < -0.39 is 5.82 Å². The van der Waals surface area contributed by atoms with E-state index in [-0.39, 0.29) is 17.0 Å². The number of carbonyl (C=O) groups is 1. The Hall–Kier alpha value is -2.17. The molecule has 0 aliphatic carbocycles. The number of benzene rings is 1. The average molecular weight is 220 g/mol. The highest BCUT2D eigenvalue weighted by molar-refractivity contribution is 5.73. The third-order valence-electron chi connectivity index (χ3n) is 2.16. The van der Waals surface area contributed by atoms with Crippen molar-refractivity contribution < 1.29 is 13.9 Å². The van der Waals surface area contributed by atoms with Gasteiger partial charge in [0.15, 0.2) is 17.9 Å². The number of aromatic amines is 1. The van der Waals surface area contributed by atoms with Crippen LogP contribution in [0.4, 0.5) is 4.39 Å². The molecule has 1 aromatic heterocycles. The Bertz CT molecular complexity index is 522. The molecule has 0 aliphatic rings. The van der Waals surface area contributed by atoms with Gasteiger partial charge in [0.1, 0.15) is 11.5 Å². The van der Waals surface area contributed by atoms with Gasteiger partial charge in [-0.05, 0) is 12.1 Å². The number of hydrogen-bond donors (Lipinski definition) is 1. The fourth-order valence-corrected chi connectivity index (χ4v) is 1.39. The van der Waals surface area contributed by atoms with Crippen LogP contribution in [0.5, 0.6) is 5.75 Å². The summed E-state index contributed by atoms with van der Waals surface area (Å²) < 4.78 is 18.7. The fraction of sp³-hybridized carbons (Fsp3) is 0.0909. The Labute approximate surface area is 91.1 Å². The molecule has 0 bridgehead atoms. The first kappa shape index (κ1) is 10.4. The lowest BCUT2D eigenvalue weighted by Crippen LogP contribution is -1.92. The molecule has 0 unspecified atom stereocenters. The second-order valence-corrected chi connectivity index (χ2v) is 3.11. The number of nitrogens with zero attached hydrogens (tertiary/aromatic N) is 1. The lowest BCUT2D eigenvalue weighted by molar-refractivity contribution is 0.111. The first-order valence-electron chi connectivity index (χ1n) is 4.59. The van der Waals surface area contributed by atoms with E-state index in [9.17, 15) is 9.18 Å². The molecule has 2 aromatic rings. The molecule has 0 fully saturated rings. The standard InChI is InChI=1S/C11H9FN2O2/c1-16-9-4-2-3-8(10(9)12)11-13-5-7(6-15)14-11/h2-6H,1H3,(H,13,14).